The van der Waals surface area contributed by atoms with Crippen molar-refractivity contribution in [3.63, 3.8) is 0 Å². The fourth-order valence-electron chi connectivity index (χ4n) is 3.43. The van der Waals surface area contributed by atoms with Crippen LogP contribution >= 0.6 is 11.6 Å². The summed E-state index contributed by atoms with van der Waals surface area (Å²) in [5.74, 6) is 1.07. The summed E-state index contributed by atoms with van der Waals surface area (Å²) in [5.41, 5.74) is 2.87. The molecule has 0 aliphatic carbocycles. The van der Waals surface area contributed by atoms with Crippen molar-refractivity contribution in [3.05, 3.63) is 58.9 Å². The van der Waals surface area contributed by atoms with Crippen LogP contribution in [0.5, 0.6) is 0 Å². The highest BCUT2D eigenvalue weighted by Gasteiger charge is 2.32. The molecule has 4 rings (SSSR count). The quantitative estimate of drug-likeness (QED) is 0.744. The summed E-state index contributed by atoms with van der Waals surface area (Å²) < 4.78 is 1.80. The summed E-state index contributed by atoms with van der Waals surface area (Å²) in [5, 5.41) is 15.5. The number of halogens is 1. The van der Waals surface area contributed by atoms with E-state index in [1.165, 1.54) is 5.56 Å². The Morgan fingerprint density at radius 1 is 1.21 bits per heavy atom. The molecule has 24 heavy (non-hydrogen) atoms. The Morgan fingerprint density at radius 3 is 2.79 bits per heavy atom. The van der Waals surface area contributed by atoms with Gasteiger partial charge in [0.05, 0.1) is 11.8 Å². The molecule has 3 heterocycles. The predicted molar refractivity (Wildman–Crippen MR) is 94.6 cm³/mol. The van der Waals surface area contributed by atoms with Gasteiger partial charge in [-0.2, -0.15) is 9.61 Å². The minimum absolute atomic E-state index is 0.186. The number of aromatic nitrogens is 3. The lowest BCUT2D eigenvalue weighted by molar-refractivity contribution is 0.148. The van der Waals surface area contributed by atoms with Gasteiger partial charge in [0.1, 0.15) is 11.0 Å². The monoisotopic (exact) mass is 342 g/mol. The first kappa shape index (κ1) is 15.4. The molecule has 1 N–H and O–H groups in total. The average Bonchev–Trinajstić information content (AvgIpc) is 3.10. The maximum atomic E-state index is 10.5. The molecule has 0 saturated carbocycles. The number of hydrogen-bond donors (Lipinski definition) is 1. The van der Waals surface area contributed by atoms with Gasteiger partial charge in [-0.05, 0) is 18.9 Å². The predicted octanol–water partition coefficient (Wildman–Crippen LogP) is 2.73. The van der Waals surface area contributed by atoms with Crippen LogP contribution in [0.25, 0.3) is 5.65 Å². The maximum absolute atomic E-state index is 10.5. The Balaban J connectivity index is 1.62. The van der Waals surface area contributed by atoms with Crippen molar-refractivity contribution >= 4 is 23.1 Å². The average molecular weight is 343 g/mol. The van der Waals surface area contributed by atoms with Gasteiger partial charge in [-0.1, -0.05) is 41.9 Å². The van der Waals surface area contributed by atoms with Crippen molar-refractivity contribution in [2.45, 2.75) is 19.4 Å². The van der Waals surface area contributed by atoms with E-state index in [9.17, 15) is 5.11 Å². The summed E-state index contributed by atoms with van der Waals surface area (Å²) >= 11 is 6.17. The fourth-order valence-corrected chi connectivity index (χ4v) is 3.61. The lowest BCUT2D eigenvalue weighted by atomic mass is 9.97. The molecule has 124 valence electrons. The minimum Gasteiger partial charge on any atom is -0.391 e. The molecule has 1 aliphatic heterocycles. The molecule has 1 aliphatic rings. The van der Waals surface area contributed by atoms with Gasteiger partial charge in [-0.3, -0.25) is 0 Å². The van der Waals surface area contributed by atoms with Gasteiger partial charge in [0.2, 0.25) is 0 Å². The van der Waals surface area contributed by atoms with Gasteiger partial charge in [0.25, 0.3) is 0 Å². The first-order valence-electron chi connectivity index (χ1n) is 8.10. The number of hydrogen-bond acceptors (Lipinski definition) is 4. The third kappa shape index (κ3) is 2.85. The highest BCUT2D eigenvalue weighted by Crippen LogP contribution is 2.28. The third-order valence-corrected chi connectivity index (χ3v) is 4.76. The van der Waals surface area contributed by atoms with Crippen molar-refractivity contribution in [2.75, 3.05) is 18.0 Å². The normalized spacial score (nSPS) is 20.9. The molecule has 1 saturated heterocycles. The Morgan fingerprint density at radius 2 is 2.00 bits per heavy atom. The number of benzene rings is 1. The third-order valence-electron chi connectivity index (χ3n) is 4.57. The lowest BCUT2D eigenvalue weighted by Gasteiger charge is -2.19. The molecule has 5 nitrogen and oxygen atoms in total. The standard InChI is InChI=1S/C18H19ClN4O/c1-12-7-17-20-16(19)9-18(23(17)21-12)22-10-14(15(24)11-22)8-13-5-3-2-4-6-13/h2-7,9,14-15,24H,8,10-11H2,1H3/t14-,15-/m1/s1. The minimum atomic E-state index is -0.371. The molecular formula is C18H19ClN4O. The molecular weight excluding hydrogens is 324 g/mol. The number of rotatable bonds is 3. The van der Waals surface area contributed by atoms with Crippen LogP contribution in [0.3, 0.4) is 0 Å². The Hall–Kier alpha value is -2.11. The van der Waals surface area contributed by atoms with Crippen LogP contribution in [-0.4, -0.2) is 38.9 Å². The van der Waals surface area contributed by atoms with Crippen LogP contribution in [0, 0.1) is 12.8 Å². The molecule has 0 bridgehead atoms. The zero-order chi connectivity index (χ0) is 16.7. The van der Waals surface area contributed by atoms with Gasteiger partial charge in [-0.25, -0.2) is 4.98 Å². The highest BCUT2D eigenvalue weighted by atomic mass is 35.5. The SMILES string of the molecule is Cc1cc2nc(Cl)cc(N3C[C@@H](Cc4ccccc4)[C@H](O)C3)n2n1. The van der Waals surface area contributed by atoms with Gasteiger partial charge < -0.3 is 10.0 Å². The van der Waals surface area contributed by atoms with Crippen molar-refractivity contribution in [1.29, 1.82) is 0 Å². The first-order valence-corrected chi connectivity index (χ1v) is 8.48. The van der Waals surface area contributed by atoms with Crippen LogP contribution < -0.4 is 4.90 Å². The Kier molecular flexibility index (Phi) is 3.90. The highest BCUT2D eigenvalue weighted by molar-refractivity contribution is 6.29. The van der Waals surface area contributed by atoms with Crippen LogP contribution in [0.15, 0.2) is 42.5 Å². The van der Waals surface area contributed by atoms with E-state index in [0.717, 1.165) is 30.1 Å². The summed E-state index contributed by atoms with van der Waals surface area (Å²) in [6, 6.07) is 14.0. The number of nitrogens with zero attached hydrogens (tertiary/aromatic N) is 4. The van der Waals surface area contributed by atoms with Crippen molar-refractivity contribution in [1.82, 2.24) is 14.6 Å². The van der Waals surface area contributed by atoms with Crippen LogP contribution in [0.2, 0.25) is 5.15 Å². The number of fused-ring (bicyclic) bond motifs is 1. The van der Waals surface area contributed by atoms with Crippen molar-refractivity contribution < 1.29 is 5.11 Å². The molecule has 0 amide bonds. The van der Waals surface area contributed by atoms with E-state index in [1.54, 1.807) is 4.52 Å². The molecule has 2 atom stereocenters. The van der Waals surface area contributed by atoms with E-state index in [0.29, 0.717) is 11.7 Å². The van der Waals surface area contributed by atoms with Gasteiger partial charge >= 0.3 is 0 Å². The van der Waals surface area contributed by atoms with E-state index in [1.807, 2.05) is 37.3 Å². The first-order chi connectivity index (χ1) is 11.6. The summed E-state index contributed by atoms with van der Waals surface area (Å²) in [4.78, 5) is 6.46. The zero-order valence-corrected chi connectivity index (χ0v) is 14.2. The van der Waals surface area contributed by atoms with Crippen molar-refractivity contribution in [3.8, 4) is 0 Å². The number of aliphatic hydroxyl groups is 1. The molecule has 2 aromatic heterocycles. The summed E-state index contributed by atoms with van der Waals surface area (Å²) in [6.45, 7) is 3.28. The van der Waals surface area contributed by atoms with E-state index >= 15 is 0 Å². The molecule has 3 aromatic rings. The van der Waals surface area contributed by atoms with Crippen LogP contribution in [-0.2, 0) is 6.42 Å². The number of aliphatic hydroxyl groups excluding tert-OH is 1. The molecule has 0 unspecified atom stereocenters. The zero-order valence-electron chi connectivity index (χ0n) is 13.4. The van der Waals surface area contributed by atoms with Crippen LogP contribution in [0.1, 0.15) is 11.3 Å². The number of β-amino-alcohol motifs (C(OH)–C–C–N with tert-alkyl or cyclic N) is 1. The second kappa shape index (κ2) is 6.07. The van der Waals surface area contributed by atoms with Gasteiger partial charge in [-0.15, -0.1) is 0 Å². The van der Waals surface area contributed by atoms with Gasteiger partial charge in [0, 0.05) is 31.1 Å². The second-order valence-electron chi connectivity index (χ2n) is 6.41. The second-order valence-corrected chi connectivity index (χ2v) is 6.80. The maximum Gasteiger partial charge on any atom is 0.159 e. The summed E-state index contributed by atoms with van der Waals surface area (Å²) in [6.07, 6.45) is 0.488. The van der Waals surface area contributed by atoms with E-state index in [2.05, 4.69) is 27.1 Å². The lowest BCUT2D eigenvalue weighted by Crippen LogP contribution is -2.24. The molecule has 1 aromatic carbocycles. The number of anilines is 1. The Bertz CT molecular complexity index is 864. The molecule has 6 heteroatoms. The van der Waals surface area contributed by atoms with Crippen LogP contribution in [0.4, 0.5) is 5.82 Å². The Labute approximate surface area is 145 Å². The molecule has 0 spiro atoms. The number of aryl methyl sites for hydroxylation is 1. The van der Waals surface area contributed by atoms with E-state index in [-0.39, 0.29) is 12.0 Å². The van der Waals surface area contributed by atoms with E-state index in [4.69, 9.17) is 11.6 Å². The topological polar surface area (TPSA) is 53.7 Å². The van der Waals surface area contributed by atoms with Crippen molar-refractivity contribution in [2.24, 2.45) is 5.92 Å². The van der Waals surface area contributed by atoms with E-state index < -0.39 is 0 Å². The smallest absolute Gasteiger partial charge is 0.159 e. The van der Waals surface area contributed by atoms with Gasteiger partial charge in [0.15, 0.2) is 5.65 Å². The molecule has 1 fully saturated rings. The largest absolute Gasteiger partial charge is 0.391 e. The molecule has 0 radical (unpaired) electrons. The summed E-state index contributed by atoms with van der Waals surface area (Å²) in [7, 11) is 0. The fraction of sp³-hybridized carbons (Fsp3) is 0.333.